The summed E-state index contributed by atoms with van der Waals surface area (Å²) in [6.45, 7) is 4.44. The van der Waals surface area contributed by atoms with Gasteiger partial charge in [-0.25, -0.2) is 0 Å². The van der Waals surface area contributed by atoms with Crippen molar-refractivity contribution in [1.29, 1.82) is 0 Å². The zero-order valence-corrected chi connectivity index (χ0v) is 12.4. The van der Waals surface area contributed by atoms with Crippen LogP contribution in [0.4, 0.5) is 0 Å². The summed E-state index contributed by atoms with van der Waals surface area (Å²) in [6.07, 6.45) is 1.12. The van der Waals surface area contributed by atoms with Crippen LogP contribution in [-0.4, -0.2) is 32.2 Å². The molecule has 2 rings (SSSR count). The number of carbonyl (C=O) groups excluding carboxylic acids is 1. The van der Waals surface area contributed by atoms with E-state index in [9.17, 15) is 4.79 Å². The predicted molar refractivity (Wildman–Crippen MR) is 77.2 cm³/mol. The number of carbonyl (C=O) groups is 1. The van der Waals surface area contributed by atoms with Gasteiger partial charge in [0, 0.05) is 31.1 Å². The number of hydrogen-bond acceptors (Lipinski definition) is 4. The van der Waals surface area contributed by atoms with Crippen molar-refractivity contribution < 1.29 is 14.3 Å². The summed E-state index contributed by atoms with van der Waals surface area (Å²) in [7, 11) is 3.29. The Labute approximate surface area is 119 Å². The maximum Gasteiger partial charge on any atom is 0.236 e. The maximum absolute atomic E-state index is 11.5. The molecule has 0 aromatic heterocycles. The second kappa shape index (κ2) is 6.13. The van der Waals surface area contributed by atoms with Crippen LogP contribution in [0.3, 0.4) is 0 Å². The molecule has 0 aliphatic carbocycles. The normalized spacial score (nSPS) is 18.1. The first-order valence-corrected chi connectivity index (χ1v) is 6.86. The summed E-state index contributed by atoms with van der Waals surface area (Å²) in [4.78, 5) is 11.5. The Morgan fingerprint density at radius 2 is 2.30 bits per heavy atom. The smallest absolute Gasteiger partial charge is 0.236 e. The minimum Gasteiger partial charge on any atom is -0.496 e. The first-order chi connectivity index (χ1) is 9.55. The minimum absolute atomic E-state index is 0.0324. The van der Waals surface area contributed by atoms with Crippen molar-refractivity contribution in [3.63, 3.8) is 0 Å². The van der Waals surface area contributed by atoms with E-state index in [-0.39, 0.29) is 18.1 Å². The lowest BCUT2D eigenvalue weighted by Gasteiger charge is -2.15. The third-order valence-corrected chi connectivity index (χ3v) is 3.54. The number of rotatable bonds is 5. The third-order valence-electron chi connectivity index (χ3n) is 3.54. The second-order valence-electron chi connectivity index (χ2n) is 5.12. The molecule has 2 unspecified atom stereocenters. The van der Waals surface area contributed by atoms with Crippen LogP contribution in [0, 0.1) is 0 Å². The SMILES string of the molecule is CNC(=O)C(C)NCc1cc2c(cc1OC)CC(C)O2. The zero-order chi connectivity index (χ0) is 14.7. The van der Waals surface area contributed by atoms with Crippen molar-refractivity contribution in [2.24, 2.45) is 0 Å². The lowest BCUT2D eigenvalue weighted by atomic mass is 10.1. The molecule has 1 aromatic carbocycles. The first kappa shape index (κ1) is 14.7. The molecule has 5 nitrogen and oxygen atoms in total. The van der Waals surface area contributed by atoms with Crippen molar-refractivity contribution in [1.82, 2.24) is 10.6 Å². The Morgan fingerprint density at radius 1 is 1.55 bits per heavy atom. The number of amides is 1. The molecule has 0 fully saturated rings. The van der Waals surface area contributed by atoms with Gasteiger partial charge in [0.15, 0.2) is 0 Å². The van der Waals surface area contributed by atoms with Gasteiger partial charge in [0.05, 0.1) is 13.2 Å². The topological polar surface area (TPSA) is 59.6 Å². The van der Waals surface area contributed by atoms with E-state index in [0.717, 1.165) is 23.5 Å². The third kappa shape index (κ3) is 3.04. The van der Waals surface area contributed by atoms with Crippen molar-refractivity contribution in [2.45, 2.75) is 39.0 Å². The molecule has 1 aromatic rings. The monoisotopic (exact) mass is 278 g/mol. The van der Waals surface area contributed by atoms with E-state index in [2.05, 4.69) is 17.6 Å². The molecule has 0 saturated carbocycles. The summed E-state index contributed by atoms with van der Waals surface area (Å²) in [5.74, 6) is 1.72. The number of hydrogen-bond donors (Lipinski definition) is 2. The van der Waals surface area contributed by atoms with Crippen LogP contribution in [0.25, 0.3) is 0 Å². The summed E-state index contributed by atoms with van der Waals surface area (Å²) in [6, 6.07) is 3.78. The summed E-state index contributed by atoms with van der Waals surface area (Å²) >= 11 is 0. The van der Waals surface area contributed by atoms with Gasteiger partial charge in [0.2, 0.25) is 5.91 Å². The van der Waals surface area contributed by atoms with Crippen LogP contribution in [-0.2, 0) is 17.8 Å². The van der Waals surface area contributed by atoms with Crippen LogP contribution < -0.4 is 20.1 Å². The Morgan fingerprint density at radius 3 is 2.95 bits per heavy atom. The highest BCUT2D eigenvalue weighted by molar-refractivity contribution is 5.80. The van der Waals surface area contributed by atoms with E-state index < -0.39 is 0 Å². The largest absolute Gasteiger partial charge is 0.496 e. The van der Waals surface area contributed by atoms with E-state index >= 15 is 0 Å². The highest BCUT2D eigenvalue weighted by Gasteiger charge is 2.22. The molecule has 20 heavy (non-hydrogen) atoms. The fourth-order valence-electron chi connectivity index (χ4n) is 2.38. The molecule has 0 bridgehead atoms. The van der Waals surface area contributed by atoms with E-state index in [1.54, 1.807) is 14.2 Å². The highest BCUT2D eigenvalue weighted by atomic mass is 16.5. The van der Waals surface area contributed by atoms with E-state index in [4.69, 9.17) is 9.47 Å². The molecule has 0 spiro atoms. The zero-order valence-electron chi connectivity index (χ0n) is 12.4. The second-order valence-corrected chi connectivity index (χ2v) is 5.12. The molecular formula is C15H22N2O3. The predicted octanol–water partition coefficient (Wildman–Crippen LogP) is 1.24. The minimum atomic E-state index is -0.252. The lowest BCUT2D eigenvalue weighted by Crippen LogP contribution is -2.40. The fourth-order valence-corrected chi connectivity index (χ4v) is 2.38. The molecule has 0 saturated heterocycles. The van der Waals surface area contributed by atoms with Crippen LogP contribution >= 0.6 is 0 Å². The summed E-state index contributed by atoms with van der Waals surface area (Å²) in [5.41, 5.74) is 2.17. The van der Waals surface area contributed by atoms with Crippen molar-refractivity contribution in [3.8, 4) is 11.5 Å². The molecule has 1 aliphatic rings. The summed E-state index contributed by atoms with van der Waals surface area (Å²) < 4.78 is 11.2. The highest BCUT2D eigenvalue weighted by Crippen LogP contribution is 2.34. The van der Waals surface area contributed by atoms with Gasteiger partial charge in [-0.05, 0) is 26.0 Å². The number of ether oxygens (including phenoxy) is 2. The van der Waals surface area contributed by atoms with Crippen LogP contribution in [0.5, 0.6) is 11.5 Å². The molecule has 1 amide bonds. The Hall–Kier alpha value is -1.75. The van der Waals surface area contributed by atoms with Gasteiger partial charge in [-0.15, -0.1) is 0 Å². The fraction of sp³-hybridized carbons (Fsp3) is 0.533. The number of fused-ring (bicyclic) bond motifs is 1. The van der Waals surface area contributed by atoms with Gasteiger partial charge in [0.1, 0.15) is 17.6 Å². The molecular weight excluding hydrogens is 256 g/mol. The van der Waals surface area contributed by atoms with Crippen LogP contribution in [0.1, 0.15) is 25.0 Å². The van der Waals surface area contributed by atoms with Gasteiger partial charge in [-0.2, -0.15) is 0 Å². The molecule has 2 N–H and O–H groups in total. The molecule has 110 valence electrons. The van der Waals surface area contributed by atoms with Gasteiger partial charge in [-0.3, -0.25) is 4.79 Å². The first-order valence-electron chi connectivity index (χ1n) is 6.86. The van der Waals surface area contributed by atoms with Gasteiger partial charge < -0.3 is 20.1 Å². The van der Waals surface area contributed by atoms with E-state index in [0.29, 0.717) is 6.54 Å². The quantitative estimate of drug-likeness (QED) is 0.851. The Balaban J connectivity index is 2.12. The number of nitrogens with one attached hydrogen (secondary N) is 2. The molecule has 1 heterocycles. The average Bonchev–Trinajstić information content (AvgIpc) is 2.81. The Kier molecular flexibility index (Phi) is 4.49. The molecule has 5 heteroatoms. The van der Waals surface area contributed by atoms with Crippen molar-refractivity contribution in [3.05, 3.63) is 23.3 Å². The lowest BCUT2D eigenvalue weighted by molar-refractivity contribution is -0.122. The van der Waals surface area contributed by atoms with E-state index in [1.807, 2.05) is 19.1 Å². The number of likely N-dealkylation sites (N-methyl/N-ethyl adjacent to an activating group) is 1. The van der Waals surface area contributed by atoms with E-state index in [1.165, 1.54) is 5.56 Å². The van der Waals surface area contributed by atoms with Gasteiger partial charge in [-0.1, -0.05) is 0 Å². The molecule has 2 atom stereocenters. The maximum atomic E-state index is 11.5. The van der Waals surface area contributed by atoms with Crippen LogP contribution in [0.15, 0.2) is 12.1 Å². The number of methoxy groups -OCH3 is 1. The number of benzene rings is 1. The van der Waals surface area contributed by atoms with Gasteiger partial charge >= 0.3 is 0 Å². The Bertz CT molecular complexity index is 502. The van der Waals surface area contributed by atoms with Crippen LogP contribution in [0.2, 0.25) is 0 Å². The summed E-state index contributed by atoms with van der Waals surface area (Å²) in [5, 5.41) is 5.80. The van der Waals surface area contributed by atoms with Crippen molar-refractivity contribution in [2.75, 3.05) is 14.2 Å². The average molecular weight is 278 g/mol. The van der Waals surface area contributed by atoms with Gasteiger partial charge in [0.25, 0.3) is 0 Å². The standard InChI is InChI=1S/C15H22N2O3/c1-9-5-11-6-13(19-4)12(7-14(11)20-9)8-17-10(2)15(18)16-3/h6-7,9-10,17H,5,8H2,1-4H3,(H,16,18). The molecule has 0 radical (unpaired) electrons. The molecule has 1 aliphatic heterocycles. The van der Waals surface area contributed by atoms with Crippen molar-refractivity contribution >= 4 is 5.91 Å².